The van der Waals surface area contributed by atoms with Crippen molar-refractivity contribution in [2.45, 2.75) is 18.3 Å². The van der Waals surface area contributed by atoms with Gasteiger partial charge in [-0.3, -0.25) is 14.9 Å². The molecule has 2 aliphatic rings. The fourth-order valence-electron chi connectivity index (χ4n) is 3.02. The van der Waals surface area contributed by atoms with E-state index in [0.717, 1.165) is 12.1 Å². The first kappa shape index (κ1) is 16.1. The van der Waals surface area contributed by atoms with Gasteiger partial charge in [0.1, 0.15) is 0 Å². The number of nitrogens with zero attached hydrogens (tertiary/aromatic N) is 1. The van der Waals surface area contributed by atoms with Gasteiger partial charge < -0.3 is 10.1 Å². The van der Waals surface area contributed by atoms with Crippen LogP contribution in [0.5, 0.6) is 11.5 Å². The fourth-order valence-corrected chi connectivity index (χ4v) is 3.58. The summed E-state index contributed by atoms with van der Waals surface area (Å²) in [5, 5.41) is 13.2. The fraction of sp³-hybridized carbons (Fsp3) is 0.188. The van der Waals surface area contributed by atoms with Crippen molar-refractivity contribution in [3.05, 3.63) is 55.8 Å². The van der Waals surface area contributed by atoms with E-state index in [2.05, 4.69) is 5.32 Å². The van der Waals surface area contributed by atoms with E-state index < -0.39 is 16.2 Å². The van der Waals surface area contributed by atoms with Crippen molar-refractivity contribution >= 4 is 40.5 Å². The van der Waals surface area contributed by atoms with Crippen LogP contribution in [-0.4, -0.2) is 10.8 Å². The Morgan fingerprint density at radius 1 is 1.24 bits per heavy atom. The Balaban J connectivity index is 1.76. The second kappa shape index (κ2) is 5.31. The van der Waals surface area contributed by atoms with E-state index in [0.29, 0.717) is 18.5 Å². The van der Waals surface area contributed by atoms with Crippen LogP contribution in [0.25, 0.3) is 0 Å². The number of rotatable bonds is 3. The Bertz CT molecular complexity index is 936. The number of anilines is 1. The van der Waals surface area contributed by atoms with E-state index >= 15 is 0 Å². The number of hydrogen-bond acceptors (Lipinski definition) is 4. The molecule has 0 aromatic heterocycles. The van der Waals surface area contributed by atoms with Crippen LogP contribution in [0.3, 0.4) is 0 Å². The molecule has 9 heteroatoms. The van der Waals surface area contributed by atoms with Crippen LogP contribution in [0.2, 0.25) is 10.0 Å². The van der Waals surface area contributed by atoms with Crippen molar-refractivity contribution < 1.29 is 18.8 Å². The van der Waals surface area contributed by atoms with Gasteiger partial charge in [0.25, 0.3) is 5.69 Å². The zero-order valence-electron chi connectivity index (χ0n) is 12.4. The number of non-ortho nitro benzene ring substituents is 1. The number of fused-ring (bicyclic) bond motifs is 2. The first-order valence-corrected chi connectivity index (χ1v) is 8.05. The maximum atomic E-state index is 14.9. The maximum Gasteiger partial charge on any atom is 0.272 e. The number of nitro benzene ring substituents is 1. The normalized spacial score (nSPS) is 16.5. The van der Waals surface area contributed by atoms with Gasteiger partial charge in [0.15, 0.2) is 17.3 Å². The van der Waals surface area contributed by atoms with E-state index in [4.69, 9.17) is 27.9 Å². The van der Waals surface area contributed by atoms with Gasteiger partial charge in [-0.2, -0.15) is 0 Å². The first-order valence-electron chi connectivity index (χ1n) is 7.29. The van der Waals surface area contributed by atoms with Crippen molar-refractivity contribution in [2.75, 3.05) is 5.32 Å². The lowest BCUT2D eigenvalue weighted by molar-refractivity contribution is -0.384. The Morgan fingerprint density at radius 3 is 2.44 bits per heavy atom. The van der Waals surface area contributed by atoms with Gasteiger partial charge in [0.2, 0.25) is 5.91 Å². The summed E-state index contributed by atoms with van der Waals surface area (Å²) in [6, 6.07) is 5.04. The van der Waals surface area contributed by atoms with Crippen molar-refractivity contribution in [3.8, 4) is 11.5 Å². The quantitative estimate of drug-likeness (QED) is 0.609. The lowest BCUT2D eigenvalue weighted by atomic mass is 9.97. The van der Waals surface area contributed by atoms with Gasteiger partial charge in [-0.1, -0.05) is 23.2 Å². The molecule has 0 bridgehead atoms. The number of nitro groups is 1. The van der Waals surface area contributed by atoms with Crippen LogP contribution in [-0.2, 0) is 10.2 Å². The molecule has 2 aromatic rings. The second-order valence-electron chi connectivity index (χ2n) is 5.93. The van der Waals surface area contributed by atoms with Crippen molar-refractivity contribution in [1.29, 1.82) is 0 Å². The van der Waals surface area contributed by atoms with Gasteiger partial charge in [-0.15, -0.1) is 0 Å². The largest absolute Gasteiger partial charge is 0.451 e. The number of carbonyl (C=O) groups is 1. The van der Waals surface area contributed by atoms with E-state index in [1.165, 1.54) is 6.07 Å². The van der Waals surface area contributed by atoms with Gasteiger partial charge in [-0.05, 0) is 25.0 Å². The highest BCUT2D eigenvalue weighted by molar-refractivity contribution is 6.37. The summed E-state index contributed by atoms with van der Waals surface area (Å²) in [6.07, 6.45) is 1.15. The predicted molar refractivity (Wildman–Crippen MR) is 89.1 cm³/mol. The van der Waals surface area contributed by atoms with Crippen LogP contribution >= 0.6 is 23.2 Å². The highest BCUT2D eigenvalue weighted by Crippen LogP contribution is 2.57. The topological polar surface area (TPSA) is 81.5 Å². The number of benzene rings is 2. The molecule has 1 amide bonds. The minimum absolute atomic E-state index is 0.0880. The number of halogens is 3. The second-order valence-corrected chi connectivity index (χ2v) is 6.75. The molecule has 1 heterocycles. The molecule has 128 valence electrons. The van der Waals surface area contributed by atoms with E-state index in [-0.39, 0.29) is 38.7 Å². The molecule has 25 heavy (non-hydrogen) atoms. The summed E-state index contributed by atoms with van der Waals surface area (Å²) in [6.45, 7) is 0. The van der Waals surface area contributed by atoms with Crippen LogP contribution in [0.15, 0.2) is 24.3 Å². The monoisotopic (exact) mass is 382 g/mol. The molecular weight excluding hydrogens is 374 g/mol. The molecule has 1 fully saturated rings. The number of amides is 1. The van der Waals surface area contributed by atoms with Crippen LogP contribution < -0.4 is 10.1 Å². The lowest BCUT2D eigenvalue weighted by Crippen LogP contribution is -2.19. The Morgan fingerprint density at radius 2 is 1.88 bits per heavy atom. The minimum atomic E-state index is -0.818. The van der Waals surface area contributed by atoms with Gasteiger partial charge in [-0.25, -0.2) is 4.39 Å². The summed E-state index contributed by atoms with van der Waals surface area (Å²) in [5.74, 6) is -1.13. The van der Waals surface area contributed by atoms with Crippen molar-refractivity contribution in [3.63, 3.8) is 0 Å². The molecule has 1 N–H and O–H groups in total. The van der Waals surface area contributed by atoms with Crippen molar-refractivity contribution in [2.24, 2.45) is 0 Å². The Hall–Kier alpha value is -2.38. The summed E-state index contributed by atoms with van der Waals surface area (Å²) in [4.78, 5) is 22.2. The van der Waals surface area contributed by atoms with Crippen LogP contribution in [0, 0.1) is 15.9 Å². The van der Waals surface area contributed by atoms with E-state index in [1.807, 2.05) is 0 Å². The molecular formula is C16H9Cl2FN2O4. The zero-order chi connectivity index (χ0) is 17.9. The van der Waals surface area contributed by atoms with E-state index in [9.17, 15) is 19.3 Å². The minimum Gasteiger partial charge on any atom is -0.451 e. The molecule has 2 aromatic carbocycles. The first-order chi connectivity index (χ1) is 11.8. The number of ether oxygens (including phenoxy) is 1. The summed E-state index contributed by atoms with van der Waals surface area (Å²) < 4.78 is 20.4. The standard InChI is InChI=1S/C16H9Cl2FN2O4/c17-8-5-7(21(23)24)6-9(18)14(8)25-11-2-1-10-12(13(11)19)16(3-4-16)15(22)20-10/h1-2,5-6H,3-4H2,(H,20,22). The maximum absolute atomic E-state index is 14.9. The third kappa shape index (κ3) is 2.34. The number of nitrogens with one attached hydrogen (secondary N) is 1. The predicted octanol–water partition coefficient (Wildman–Crippen LogP) is 4.82. The molecule has 1 aliphatic heterocycles. The third-order valence-electron chi connectivity index (χ3n) is 4.42. The molecule has 0 radical (unpaired) electrons. The Labute approximate surface area is 150 Å². The van der Waals surface area contributed by atoms with Gasteiger partial charge >= 0.3 is 0 Å². The lowest BCUT2D eigenvalue weighted by Gasteiger charge is -2.13. The zero-order valence-corrected chi connectivity index (χ0v) is 13.9. The average Bonchev–Trinajstić information content (AvgIpc) is 3.28. The van der Waals surface area contributed by atoms with Crippen molar-refractivity contribution in [1.82, 2.24) is 0 Å². The third-order valence-corrected chi connectivity index (χ3v) is 4.99. The SMILES string of the molecule is O=C1Nc2ccc(Oc3c(Cl)cc([N+](=O)[O-])cc3Cl)c(F)c2C12CC2. The molecule has 0 unspecified atom stereocenters. The van der Waals surface area contributed by atoms with Gasteiger partial charge in [0, 0.05) is 23.4 Å². The molecule has 4 rings (SSSR count). The Kier molecular flexibility index (Phi) is 3.42. The average molecular weight is 383 g/mol. The number of carbonyl (C=O) groups excluding carboxylic acids is 1. The molecule has 1 spiro atoms. The molecule has 1 saturated carbocycles. The summed E-state index contributed by atoms with van der Waals surface area (Å²) in [7, 11) is 0. The molecule has 1 aliphatic carbocycles. The molecule has 6 nitrogen and oxygen atoms in total. The molecule has 0 atom stereocenters. The summed E-state index contributed by atoms with van der Waals surface area (Å²) >= 11 is 12.0. The highest BCUT2D eigenvalue weighted by Gasteiger charge is 2.58. The van der Waals surface area contributed by atoms with E-state index in [1.54, 1.807) is 6.07 Å². The van der Waals surface area contributed by atoms with Gasteiger partial charge in [0.05, 0.1) is 20.4 Å². The highest BCUT2D eigenvalue weighted by atomic mass is 35.5. The van der Waals surface area contributed by atoms with Crippen LogP contribution in [0.1, 0.15) is 18.4 Å². The van der Waals surface area contributed by atoms with Crippen LogP contribution in [0.4, 0.5) is 15.8 Å². The summed E-state index contributed by atoms with van der Waals surface area (Å²) in [5.41, 5.74) is -0.414. The smallest absolute Gasteiger partial charge is 0.272 e. The molecule has 0 saturated heterocycles. The number of hydrogen-bond donors (Lipinski definition) is 1.